The lowest BCUT2D eigenvalue weighted by Crippen LogP contribution is -2.56. The van der Waals surface area contributed by atoms with Crippen molar-refractivity contribution in [2.45, 2.75) is 26.2 Å². The highest BCUT2D eigenvalue weighted by atomic mass is 32.2. The Balaban J connectivity index is 1.87. The van der Waals surface area contributed by atoms with Crippen molar-refractivity contribution in [3.8, 4) is 0 Å². The minimum absolute atomic E-state index is 0.0269. The summed E-state index contributed by atoms with van der Waals surface area (Å²) in [7, 11) is -3.34. The molecule has 2 fully saturated rings. The zero-order valence-corrected chi connectivity index (χ0v) is 11.4. The summed E-state index contributed by atoms with van der Waals surface area (Å²) in [6, 6.07) is 0. The number of rotatable bonds is 4. The monoisotopic (exact) mass is 276 g/mol. The molecule has 1 N–H and O–H groups in total. The van der Waals surface area contributed by atoms with Gasteiger partial charge in [0.2, 0.25) is 0 Å². The minimum Gasteiger partial charge on any atom is -0.481 e. The molecule has 0 aromatic carbocycles. The van der Waals surface area contributed by atoms with Crippen LogP contribution in [0, 0.1) is 11.8 Å². The molecule has 0 unspecified atom stereocenters. The summed E-state index contributed by atoms with van der Waals surface area (Å²) in [6.07, 6.45) is 1.88. The first kappa shape index (κ1) is 13.8. The third-order valence-corrected chi connectivity index (χ3v) is 5.75. The van der Waals surface area contributed by atoms with Crippen LogP contribution in [0.5, 0.6) is 0 Å². The quantitative estimate of drug-likeness (QED) is 0.804. The summed E-state index contributed by atoms with van der Waals surface area (Å²) < 4.78 is 27.4. The van der Waals surface area contributed by atoms with E-state index < -0.39 is 16.2 Å². The average Bonchev–Trinajstić information content (AvgIpc) is 2.23. The van der Waals surface area contributed by atoms with Crippen molar-refractivity contribution in [1.82, 2.24) is 8.61 Å². The van der Waals surface area contributed by atoms with E-state index >= 15 is 0 Å². The van der Waals surface area contributed by atoms with Gasteiger partial charge in [0.05, 0.1) is 6.42 Å². The highest BCUT2D eigenvalue weighted by Crippen LogP contribution is 2.27. The van der Waals surface area contributed by atoms with Crippen LogP contribution in [0.25, 0.3) is 0 Å². The van der Waals surface area contributed by atoms with Crippen molar-refractivity contribution in [3.05, 3.63) is 0 Å². The Bertz CT molecular complexity index is 409. The smallest absolute Gasteiger partial charge is 0.303 e. The van der Waals surface area contributed by atoms with Crippen LogP contribution in [0.3, 0.4) is 0 Å². The van der Waals surface area contributed by atoms with Crippen molar-refractivity contribution in [1.29, 1.82) is 0 Å². The molecule has 0 aromatic rings. The predicted molar refractivity (Wildman–Crippen MR) is 66.2 cm³/mol. The number of hydrogen-bond acceptors (Lipinski definition) is 3. The first-order valence-corrected chi connectivity index (χ1v) is 7.76. The fraction of sp³-hybridized carbons (Fsp3) is 0.909. The highest BCUT2D eigenvalue weighted by molar-refractivity contribution is 7.86. The number of nitrogens with zero attached hydrogens (tertiary/aromatic N) is 2. The van der Waals surface area contributed by atoms with Gasteiger partial charge in [-0.05, 0) is 24.7 Å². The zero-order valence-electron chi connectivity index (χ0n) is 10.6. The summed E-state index contributed by atoms with van der Waals surface area (Å²) in [5.41, 5.74) is 0. The molecule has 0 atom stereocenters. The molecule has 18 heavy (non-hydrogen) atoms. The van der Waals surface area contributed by atoms with Gasteiger partial charge in [0.1, 0.15) is 0 Å². The first-order chi connectivity index (χ1) is 8.39. The van der Waals surface area contributed by atoms with Gasteiger partial charge in [0.25, 0.3) is 10.2 Å². The van der Waals surface area contributed by atoms with Crippen LogP contribution < -0.4 is 0 Å². The number of hydrogen-bond donors (Lipinski definition) is 1. The Labute approximate surface area is 108 Å². The van der Waals surface area contributed by atoms with Gasteiger partial charge in [0.15, 0.2) is 0 Å². The summed E-state index contributed by atoms with van der Waals surface area (Å²) >= 11 is 0. The van der Waals surface area contributed by atoms with Gasteiger partial charge in [-0.15, -0.1) is 0 Å². The maximum atomic E-state index is 12.2. The maximum Gasteiger partial charge on any atom is 0.303 e. The van der Waals surface area contributed by atoms with Gasteiger partial charge < -0.3 is 5.11 Å². The van der Waals surface area contributed by atoms with E-state index in [2.05, 4.69) is 6.92 Å². The Hall–Kier alpha value is -0.660. The predicted octanol–water partition coefficient (Wildman–Crippen LogP) is 0.370. The minimum atomic E-state index is -3.34. The summed E-state index contributed by atoms with van der Waals surface area (Å²) in [5.74, 6) is -0.294. The van der Waals surface area contributed by atoms with Crippen molar-refractivity contribution < 1.29 is 18.3 Å². The van der Waals surface area contributed by atoms with Gasteiger partial charge >= 0.3 is 5.97 Å². The van der Waals surface area contributed by atoms with Crippen molar-refractivity contribution in [2.75, 3.05) is 26.2 Å². The van der Waals surface area contributed by atoms with Crippen LogP contribution in [-0.4, -0.2) is 54.3 Å². The van der Waals surface area contributed by atoms with E-state index in [0.29, 0.717) is 32.1 Å². The third-order valence-electron chi connectivity index (χ3n) is 3.78. The zero-order chi connectivity index (χ0) is 13.3. The second-order valence-corrected chi connectivity index (χ2v) is 7.30. The van der Waals surface area contributed by atoms with Crippen LogP contribution >= 0.6 is 0 Å². The molecule has 2 saturated heterocycles. The molecule has 2 aliphatic heterocycles. The van der Waals surface area contributed by atoms with Crippen molar-refractivity contribution >= 4 is 16.2 Å². The molecule has 0 saturated carbocycles. The van der Waals surface area contributed by atoms with E-state index in [0.717, 1.165) is 12.8 Å². The lowest BCUT2D eigenvalue weighted by Gasteiger charge is -2.41. The van der Waals surface area contributed by atoms with Crippen LogP contribution in [0.4, 0.5) is 0 Å². The van der Waals surface area contributed by atoms with Crippen molar-refractivity contribution in [2.24, 2.45) is 11.8 Å². The Morgan fingerprint density at radius 1 is 1.22 bits per heavy atom. The maximum absolute atomic E-state index is 12.2. The molecule has 2 rings (SSSR count). The Kier molecular flexibility index (Phi) is 3.93. The molecule has 104 valence electrons. The molecule has 7 heteroatoms. The van der Waals surface area contributed by atoms with Gasteiger partial charge in [0, 0.05) is 26.2 Å². The second kappa shape index (κ2) is 5.14. The summed E-state index contributed by atoms with van der Waals surface area (Å²) in [5, 5.41) is 8.64. The van der Waals surface area contributed by atoms with E-state index in [1.165, 1.54) is 8.61 Å². The molecular formula is C11H20N2O4S. The van der Waals surface area contributed by atoms with E-state index in [-0.39, 0.29) is 12.3 Å². The highest BCUT2D eigenvalue weighted by Gasteiger charge is 2.40. The molecular weight excluding hydrogens is 256 g/mol. The lowest BCUT2D eigenvalue weighted by molar-refractivity contribution is -0.139. The molecule has 2 aliphatic rings. The number of carboxylic acid groups (broad SMARTS) is 1. The molecule has 0 bridgehead atoms. The van der Waals surface area contributed by atoms with Crippen molar-refractivity contribution in [3.63, 3.8) is 0 Å². The van der Waals surface area contributed by atoms with Crippen LogP contribution in [-0.2, 0) is 15.0 Å². The molecule has 6 nitrogen and oxygen atoms in total. The molecule has 0 aromatic heterocycles. The lowest BCUT2D eigenvalue weighted by atomic mass is 10.00. The van der Waals surface area contributed by atoms with E-state index in [9.17, 15) is 13.2 Å². The largest absolute Gasteiger partial charge is 0.481 e. The molecule has 0 aliphatic carbocycles. The summed E-state index contributed by atoms with van der Waals surface area (Å²) in [6.45, 7) is 4.01. The third kappa shape index (κ3) is 2.84. The molecule has 0 radical (unpaired) electrons. The van der Waals surface area contributed by atoms with Crippen LogP contribution in [0.1, 0.15) is 26.2 Å². The van der Waals surface area contributed by atoms with Gasteiger partial charge in [-0.2, -0.15) is 17.0 Å². The molecule has 2 heterocycles. The average molecular weight is 276 g/mol. The number of aliphatic carboxylic acids is 1. The van der Waals surface area contributed by atoms with Crippen LogP contribution in [0.2, 0.25) is 0 Å². The molecule has 0 spiro atoms. The number of carbonyl (C=O) groups is 1. The topological polar surface area (TPSA) is 77.9 Å². The Morgan fingerprint density at radius 2 is 1.78 bits per heavy atom. The second-order valence-electron chi connectivity index (χ2n) is 5.37. The van der Waals surface area contributed by atoms with E-state index in [4.69, 9.17) is 5.11 Å². The number of piperidine rings is 1. The van der Waals surface area contributed by atoms with E-state index in [1.807, 2.05) is 0 Å². The standard InChI is InChI=1S/C11H20N2O4S/c1-9-2-4-12(5-3-9)18(16,17)13-7-10(8-13)6-11(14)15/h9-10H,2-8H2,1H3,(H,14,15). The molecule has 0 amide bonds. The first-order valence-electron chi connectivity index (χ1n) is 6.36. The van der Waals surface area contributed by atoms with Gasteiger partial charge in [-0.1, -0.05) is 6.92 Å². The van der Waals surface area contributed by atoms with Gasteiger partial charge in [-0.3, -0.25) is 4.79 Å². The van der Waals surface area contributed by atoms with E-state index in [1.54, 1.807) is 0 Å². The number of carboxylic acids is 1. The fourth-order valence-corrected chi connectivity index (χ4v) is 4.26. The Morgan fingerprint density at radius 3 is 2.28 bits per heavy atom. The van der Waals surface area contributed by atoms with Crippen LogP contribution in [0.15, 0.2) is 0 Å². The fourth-order valence-electron chi connectivity index (χ4n) is 2.47. The normalized spacial score (nSPS) is 24.9. The SMILES string of the molecule is CC1CCN(S(=O)(=O)N2CC(CC(=O)O)C2)CC1. The summed E-state index contributed by atoms with van der Waals surface area (Å²) in [4.78, 5) is 10.5. The van der Waals surface area contributed by atoms with Gasteiger partial charge in [-0.25, -0.2) is 0 Å².